The SMILES string of the molecule is CN=C(NCc1ccc(C(N)=O)o1)N1CC2C3CCC(O3)C2C1. The van der Waals surface area contributed by atoms with Gasteiger partial charge in [-0.25, -0.2) is 0 Å². The van der Waals surface area contributed by atoms with E-state index >= 15 is 0 Å². The van der Waals surface area contributed by atoms with Gasteiger partial charge in [-0.15, -0.1) is 0 Å². The Morgan fingerprint density at radius 3 is 2.61 bits per heavy atom. The molecule has 0 aliphatic carbocycles. The molecular formula is C16H22N4O3. The molecule has 3 aliphatic rings. The molecule has 0 spiro atoms. The molecule has 1 aromatic rings. The van der Waals surface area contributed by atoms with E-state index in [1.54, 1.807) is 19.2 Å². The molecule has 3 saturated heterocycles. The number of carbonyl (C=O) groups is 1. The number of guanidine groups is 1. The van der Waals surface area contributed by atoms with Gasteiger partial charge < -0.3 is 25.1 Å². The third-order valence-corrected chi connectivity index (χ3v) is 5.29. The van der Waals surface area contributed by atoms with Crippen molar-refractivity contribution in [2.75, 3.05) is 20.1 Å². The fraction of sp³-hybridized carbons (Fsp3) is 0.625. The quantitative estimate of drug-likeness (QED) is 0.627. The number of nitrogens with zero attached hydrogens (tertiary/aromatic N) is 2. The zero-order valence-electron chi connectivity index (χ0n) is 13.2. The van der Waals surface area contributed by atoms with Crippen molar-refractivity contribution in [2.45, 2.75) is 31.6 Å². The summed E-state index contributed by atoms with van der Waals surface area (Å²) >= 11 is 0. The summed E-state index contributed by atoms with van der Waals surface area (Å²) in [5.41, 5.74) is 5.20. The van der Waals surface area contributed by atoms with Crippen LogP contribution in [0.5, 0.6) is 0 Å². The fourth-order valence-electron chi connectivity index (χ4n) is 4.24. The van der Waals surface area contributed by atoms with Gasteiger partial charge in [-0.3, -0.25) is 9.79 Å². The van der Waals surface area contributed by atoms with Gasteiger partial charge in [0.15, 0.2) is 11.7 Å². The van der Waals surface area contributed by atoms with Gasteiger partial charge in [-0.05, 0) is 25.0 Å². The highest BCUT2D eigenvalue weighted by Gasteiger charge is 2.53. The molecule has 3 fully saturated rings. The summed E-state index contributed by atoms with van der Waals surface area (Å²) in [6.45, 7) is 2.47. The van der Waals surface area contributed by atoms with Gasteiger partial charge >= 0.3 is 0 Å². The van der Waals surface area contributed by atoms with Crippen LogP contribution in [-0.2, 0) is 11.3 Å². The number of rotatable bonds is 3. The lowest BCUT2D eigenvalue weighted by Crippen LogP contribution is -2.40. The average molecular weight is 318 g/mol. The Morgan fingerprint density at radius 1 is 1.35 bits per heavy atom. The van der Waals surface area contributed by atoms with Crippen molar-refractivity contribution in [3.8, 4) is 0 Å². The van der Waals surface area contributed by atoms with Crippen molar-refractivity contribution in [1.29, 1.82) is 0 Å². The highest BCUT2D eigenvalue weighted by atomic mass is 16.5. The van der Waals surface area contributed by atoms with Crippen LogP contribution >= 0.6 is 0 Å². The monoisotopic (exact) mass is 318 g/mol. The van der Waals surface area contributed by atoms with Crippen LogP contribution in [0.25, 0.3) is 0 Å². The molecule has 3 aliphatic heterocycles. The van der Waals surface area contributed by atoms with E-state index in [0.29, 0.717) is 36.3 Å². The highest BCUT2D eigenvalue weighted by Crippen LogP contribution is 2.47. The lowest BCUT2D eigenvalue weighted by atomic mass is 9.82. The molecule has 4 rings (SSSR count). The Kier molecular flexibility index (Phi) is 3.52. The lowest BCUT2D eigenvalue weighted by molar-refractivity contribution is 0.0767. The van der Waals surface area contributed by atoms with Gasteiger partial charge in [0.1, 0.15) is 5.76 Å². The molecule has 124 valence electrons. The fourth-order valence-corrected chi connectivity index (χ4v) is 4.24. The number of ether oxygens (including phenoxy) is 1. The molecule has 1 amide bonds. The largest absolute Gasteiger partial charge is 0.454 e. The maximum atomic E-state index is 11.1. The first-order valence-electron chi connectivity index (χ1n) is 8.15. The normalized spacial score (nSPS) is 32.4. The molecule has 1 aromatic heterocycles. The summed E-state index contributed by atoms with van der Waals surface area (Å²) in [5, 5.41) is 3.31. The van der Waals surface area contributed by atoms with Crippen LogP contribution in [0.2, 0.25) is 0 Å². The molecule has 4 atom stereocenters. The average Bonchev–Trinajstić information content (AvgIpc) is 3.29. The van der Waals surface area contributed by atoms with E-state index < -0.39 is 5.91 Å². The molecule has 3 N–H and O–H groups in total. The van der Waals surface area contributed by atoms with Crippen molar-refractivity contribution in [1.82, 2.24) is 10.2 Å². The first-order valence-corrected chi connectivity index (χ1v) is 8.15. The summed E-state index contributed by atoms with van der Waals surface area (Å²) in [6.07, 6.45) is 3.29. The minimum Gasteiger partial charge on any atom is -0.454 e. The van der Waals surface area contributed by atoms with Crippen molar-refractivity contribution >= 4 is 11.9 Å². The number of furan rings is 1. The van der Waals surface area contributed by atoms with Gasteiger partial charge in [-0.1, -0.05) is 0 Å². The Labute approximate surface area is 134 Å². The first-order chi connectivity index (χ1) is 11.2. The number of nitrogens with one attached hydrogen (secondary N) is 1. The standard InChI is InChI=1S/C16H22N4O3/c1-18-16(19-6-9-2-3-14(22-9)15(17)21)20-7-10-11(8-20)13-5-4-12(10)23-13/h2-3,10-13H,4-8H2,1H3,(H2,17,21)(H,18,19). The van der Waals surface area contributed by atoms with Crippen molar-refractivity contribution in [2.24, 2.45) is 22.6 Å². The van der Waals surface area contributed by atoms with Gasteiger partial charge in [0.2, 0.25) is 0 Å². The number of aliphatic imine (C=N–C) groups is 1. The van der Waals surface area contributed by atoms with Crippen LogP contribution in [0.1, 0.15) is 29.2 Å². The van der Waals surface area contributed by atoms with Gasteiger partial charge in [0.05, 0.1) is 18.8 Å². The smallest absolute Gasteiger partial charge is 0.284 e. The zero-order chi connectivity index (χ0) is 16.0. The lowest BCUT2D eigenvalue weighted by Gasteiger charge is -2.23. The number of likely N-dealkylation sites (tertiary alicyclic amines) is 1. The number of fused-ring (bicyclic) bond motifs is 5. The van der Waals surface area contributed by atoms with Gasteiger partial charge in [-0.2, -0.15) is 0 Å². The zero-order valence-corrected chi connectivity index (χ0v) is 13.2. The number of hydrogen-bond acceptors (Lipinski definition) is 4. The summed E-state index contributed by atoms with van der Waals surface area (Å²) in [7, 11) is 1.79. The first kappa shape index (κ1) is 14.6. The number of nitrogens with two attached hydrogens (primary N) is 1. The minimum atomic E-state index is -0.552. The molecule has 0 aromatic carbocycles. The van der Waals surface area contributed by atoms with E-state index in [1.165, 1.54) is 12.8 Å². The molecule has 4 heterocycles. The van der Waals surface area contributed by atoms with Crippen LogP contribution in [0.4, 0.5) is 0 Å². The molecule has 7 nitrogen and oxygen atoms in total. The number of primary amides is 1. The molecule has 0 radical (unpaired) electrons. The molecule has 7 heteroatoms. The maximum Gasteiger partial charge on any atom is 0.284 e. The summed E-state index contributed by atoms with van der Waals surface area (Å²) < 4.78 is 11.4. The predicted molar refractivity (Wildman–Crippen MR) is 83.9 cm³/mol. The number of hydrogen-bond donors (Lipinski definition) is 2. The van der Waals surface area contributed by atoms with E-state index in [-0.39, 0.29) is 5.76 Å². The van der Waals surface area contributed by atoms with Crippen LogP contribution in [0.3, 0.4) is 0 Å². The topological polar surface area (TPSA) is 93.1 Å². The van der Waals surface area contributed by atoms with Crippen molar-refractivity contribution in [3.63, 3.8) is 0 Å². The number of amides is 1. The summed E-state index contributed by atoms with van der Waals surface area (Å²) in [5.74, 6) is 2.44. The Hall–Kier alpha value is -2.02. The molecular weight excluding hydrogens is 296 g/mol. The Balaban J connectivity index is 1.37. The van der Waals surface area contributed by atoms with E-state index in [9.17, 15) is 4.79 Å². The van der Waals surface area contributed by atoms with E-state index in [0.717, 1.165) is 19.0 Å². The maximum absolute atomic E-state index is 11.1. The molecule has 0 saturated carbocycles. The third kappa shape index (κ3) is 2.49. The van der Waals surface area contributed by atoms with E-state index in [1.807, 2.05) is 0 Å². The van der Waals surface area contributed by atoms with E-state index in [2.05, 4.69) is 15.2 Å². The third-order valence-electron chi connectivity index (χ3n) is 5.29. The predicted octanol–water partition coefficient (Wildman–Crippen LogP) is 0.563. The Bertz CT molecular complexity index is 623. The second kappa shape index (κ2) is 5.56. The van der Waals surface area contributed by atoms with Crippen molar-refractivity contribution < 1.29 is 13.9 Å². The minimum absolute atomic E-state index is 0.182. The van der Waals surface area contributed by atoms with Crippen LogP contribution in [0, 0.1) is 11.8 Å². The molecule has 23 heavy (non-hydrogen) atoms. The Morgan fingerprint density at radius 2 is 2.04 bits per heavy atom. The number of carbonyl (C=O) groups excluding carboxylic acids is 1. The second-order valence-corrected chi connectivity index (χ2v) is 6.55. The van der Waals surface area contributed by atoms with Crippen LogP contribution in [-0.4, -0.2) is 49.1 Å². The van der Waals surface area contributed by atoms with Crippen molar-refractivity contribution in [3.05, 3.63) is 23.7 Å². The van der Waals surface area contributed by atoms with Crippen LogP contribution < -0.4 is 11.1 Å². The molecule has 4 unspecified atom stereocenters. The van der Waals surface area contributed by atoms with Gasteiger partial charge in [0.25, 0.3) is 5.91 Å². The van der Waals surface area contributed by atoms with E-state index in [4.69, 9.17) is 14.9 Å². The molecule has 2 bridgehead atoms. The summed E-state index contributed by atoms with van der Waals surface area (Å²) in [4.78, 5) is 17.7. The highest BCUT2D eigenvalue weighted by molar-refractivity contribution is 5.89. The van der Waals surface area contributed by atoms with Gasteiger partial charge in [0, 0.05) is 32.0 Å². The van der Waals surface area contributed by atoms with Crippen LogP contribution in [0.15, 0.2) is 21.5 Å². The summed E-state index contributed by atoms with van der Waals surface area (Å²) in [6, 6.07) is 3.35. The second-order valence-electron chi connectivity index (χ2n) is 6.55.